The van der Waals surface area contributed by atoms with Crippen LogP contribution >= 0.6 is 11.3 Å². The fourth-order valence-corrected chi connectivity index (χ4v) is 3.79. The predicted octanol–water partition coefficient (Wildman–Crippen LogP) is 3.59. The van der Waals surface area contributed by atoms with E-state index in [1.165, 1.54) is 29.0 Å². The summed E-state index contributed by atoms with van der Waals surface area (Å²) in [5, 5.41) is 0.692. The lowest BCUT2D eigenvalue weighted by atomic mass is 9.86. The zero-order valence-corrected chi connectivity index (χ0v) is 11.9. The Labute approximate surface area is 117 Å². The van der Waals surface area contributed by atoms with E-state index in [9.17, 15) is 0 Å². The maximum absolute atomic E-state index is 5.86. The average Bonchev–Trinajstić information content (AvgIpc) is 2.79. The number of hydrogen-bond acceptors (Lipinski definition) is 4. The summed E-state index contributed by atoms with van der Waals surface area (Å²) < 4.78 is 5.59. The molecule has 100 valence electrons. The van der Waals surface area contributed by atoms with Crippen LogP contribution in [0.5, 0.6) is 5.75 Å². The van der Waals surface area contributed by atoms with Gasteiger partial charge in [-0.1, -0.05) is 12.1 Å². The fraction of sp³-hybridized carbons (Fsp3) is 0.400. The van der Waals surface area contributed by atoms with Crippen molar-refractivity contribution in [3.05, 3.63) is 40.4 Å². The second-order valence-electron chi connectivity index (χ2n) is 4.81. The van der Waals surface area contributed by atoms with Gasteiger partial charge in [0.25, 0.3) is 0 Å². The van der Waals surface area contributed by atoms with Gasteiger partial charge in [0.05, 0.1) is 12.3 Å². The second kappa shape index (κ2) is 5.21. The number of hydrogen-bond donors (Lipinski definition) is 1. The Morgan fingerprint density at radius 1 is 1.47 bits per heavy atom. The van der Waals surface area contributed by atoms with Crippen LogP contribution in [-0.2, 0) is 6.42 Å². The second-order valence-corrected chi connectivity index (χ2v) is 5.88. The molecule has 0 amide bonds. The first-order chi connectivity index (χ1) is 9.28. The lowest BCUT2D eigenvalue weighted by Crippen LogP contribution is -2.09. The summed E-state index contributed by atoms with van der Waals surface area (Å²) in [6.45, 7) is 2.71. The molecule has 0 aliphatic heterocycles. The number of rotatable bonds is 3. The summed E-state index contributed by atoms with van der Waals surface area (Å²) in [4.78, 5) is 5.80. The van der Waals surface area contributed by atoms with Gasteiger partial charge in [-0.25, -0.2) is 4.98 Å². The molecule has 0 saturated heterocycles. The normalized spacial score (nSPS) is 18.1. The summed E-state index contributed by atoms with van der Waals surface area (Å²) in [5.41, 5.74) is 8.37. The van der Waals surface area contributed by atoms with E-state index in [2.05, 4.69) is 23.2 Å². The third-order valence-corrected chi connectivity index (χ3v) is 4.58. The number of aryl methyl sites for hydroxylation is 1. The number of nitrogens with two attached hydrogens (primary N) is 1. The molecule has 2 aromatic rings. The summed E-state index contributed by atoms with van der Waals surface area (Å²) in [6.07, 6.45) is 3.41. The Hall–Kier alpha value is -1.55. The number of fused-ring (bicyclic) bond motifs is 1. The Kier molecular flexibility index (Phi) is 3.42. The zero-order chi connectivity index (χ0) is 13.2. The van der Waals surface area contributed by atoms with Crippen LogP contribution in [0.3, 0.4) is 0 Å². The zero-order valence-electron chi connectivity index (χ0n) is 11.1. The van der Waals surface area contributed by atoms with E-state index in [-0.39, 0.29) is 0 Å². The van der Waals surface area contributed by atoms with Crippen LogP contribution in [-0.4, -0.2) is 11.6 Å². The van der Waals surface area contributed by atoms with Crippen LogP contribution in [0.2, 0.25) is 0 Å². The van der Waals surface area contributed by atoms with Crippen LogP contribution in [0.4, 0.5) is 5.13 Å². The van der Waals surface area contributed by atoms with Gasteiger partial charge in [0, 0.05) is 10.8 Å². The van der Waals surface area contributed by atoms with E-state index >= 15 is 0 Å². The van der Waals surface area contributed by atoms with Gasteiger partial charge in [0.2, 0.25) is 0 Å². The van der Waals surface area contributed by atoms with Crippen molar-refractivity contribution < 1.29 is 4.74 Å². The van der Waals surface area contributed by atoms with Crippen LogP contribution in [0.1, 0.15) is 41.8 Å². The molecule has 1 aliphatic rings. The minimum Gasteiger partial charge on any atom is -0.494 e. The minimum atomic E-state index is 0.430. The van der Waals surface area contributed by atoms with Gasteiger partial charge in [-0.05, 0) is 43.9 Å². The first-order valence-corrected chi connectivity index (χ1v) is 7.57. The number of aromatic nitrogens is 1. The number of benzene rings is 1. The van der Waals surface area contributed by atoms with Gasteiger partial charge in [-0.2, -0.15) is 0 Å². The van der Waals surface area contributed by atoms with Gasteiger partial charge in [0.15, 0.2) is 5.13 Å². The third-order valence-electron chi connectivity index (χ3n) is 3.54. The Morgan fingerprint density at radius 2 is 2.37 bits per heavy atom. The average molecular weight is 274 g/mol. The molecule has 2 N–H and O–H groups in total. The lowest BCUT2D eigenvalue weighted by molar-refractivity contribution is 0.339. The number of thiazole rings is 1. The van der Waals surface area contributed by atoms with Crippen LogP contribution in [0, 0.1) is 0 Å². The van der Waals surface area contributed by atoms with E-state index in [1.807, 2.05) is 13.0 Å². The molecular formula is C15H18N2OS. The van der Waals surface area contributed by atoms with Crippen LogP contribution in [0.25, 0.3) is 0 Å². The van der Waals surface area contributed by atoms with E-state index in [0.717, 1.165) is 12.2 Å². The highest BCUT2D eigenvalue weighted by molar-refractivity contribution is 7.15. The molecule has 0 fully saturated rings. The topological polar surface area (TPSA) is 48.1 Å². The third kappa shape index (κ3) is 2.45. The van der Waals surface area contributed by atoms with Gasteiger partial charge in [0.1, 0.15) is 5.75 Å². The smallest absolute Gasteiger partial charge is 0.180 e. The highest BCUT2D eigenvalue weighted by Gasteiger charge is 2.25. The molecule has 3 rings (SSSR count). The number of nitrogens with zero attached hydrogens (tertiary/aromatic N) is 1. The van der Waals surface area contributed by atoms with E-state index in [4.69, 9.17) is 10.5 Å². The molecule has 3 nitrogen and oxygen atoms in total. The largest absolute Gasteiger partial charge is 0.494 e. The molecule has 1 atom stereocenters. The highest BCUT2D eigenvalue weighted by Crippen LogP contribution is 2.41. The van der Waals surface area contributed by atoms with Crippen molar-refractivity contribution in [1.29, 1.82) is 0 Å². The van der Waals surface area contributed by atoms with Gasteiger partial charge < -0.3 is 10.5 Å². The summed E-state index contributed by atoms with van der Waals surface area (Å²) in [6, 6.07) is 8.41. The number of anilines is 1. The van der Waals surface area contributed by atoms with Gasteiger partial charge >= 0.3 is 0 Å². The van der Waals surface area contributed by atoms with Crippen molar-refractivity contribution in [1.82, 2.24) is 4.98 Å². The maximum Gasteiger partial charge on any atom is 0.180 e. The minimum absolute atomic E-state index is 0.430. The van der Waals surface area contributed by atoms with Gasteiger partial charge in [-0.15, -0.1) is 11.3 Å². The molecule has 0 radical (unpaired) electrons. The summed E-state index contributed by atoms with van der Waals surface area (Å²) >= 11 is 1.64. The Morgan fingerprint density at radius 3 is 3.21 bits per heavy atom. The quantitative estimate of drug-likeness (QED) is 0.930. The van der Waals surface area contributed by atoms with Gasteiger partial charge in [-0.3, -0.25) is 0 Å². The molecule has 4 heteroatoms. The highest BCUT2D eigenvalue weighted by atomic mass is 32.1. The number of nitrogen functional groups attached to an aromatic ring is 1. The molecule has 19 heavy (non-hydrogen) atoms. The standard InChI is InChI=1S/C15H18N2OS/c1-2-18-11-6-3-5-10(9-11)12-7-4-8-13-14(12)19-15(16)17-13/h3,5-6,9,12H,2,4,7-8H2,1H3,(H2,16,17). The van der Waals surface area contributed by atoms with Crippen LogP contribution in [0.15, 0.2) is 24.3 Å². The van der Waals surface area contributed by atoms with Crippen molar-refractivity contribution in [2.45, 2.75) is 32.1 Å². The molecule has 0 spiro atoms. The SMILES string of the molecule is CCOc1cccc(C2CCCc3nc(N)sc32)c1. The fourth-order valence-electron chi connectivity index (χ4n) is 2.74. The van der Waals surface area contributed by atoms with Crippen molar-refractivity contribution in [2.24, 2.45) is 0 Å². The summed E-state index contributed by atoms with van der Waals surface area (Å²) in [7, 11) is 0. The maximum atomic E-state index is 5.86. The molecule has 0 saturated carbocycles. The molecule has 1 unspecified atom stereocenters. The monoisotopic (exact) mass is 274 g/mol. The molecule has 0 bridgehead atoms. The molecular weight excluding hydrogens is 256 g/mol. The Bertz CT molecular complexity index is 579. The van der Waals surface area contributed by atoms with Crippen LogP contribution < -0.4 is 10.5 Å². The van der Waals surface area contributed by atoms with Crippen molar-refractivity contribution in [3.8, 4) is 5.75 Å². The van der Waals surface area contributed by atoms with E-state index in [1.54, 1.807) is 11.3 Å². The first-order valence-electron chi connectivity index (χ1n) is 6.75. The van der Waals surface area contributed by atoms with E-state index in [0.29, 0.717) is 17.7 Å². The first kappa shape index (κ1) is 12.5. The summed E-state index contributed by atoms with van der Waals surface area (Å²) in [5.74, 6) is 1.38. The predicted molar refractivity (Wildman–Crippen MR) is 78.9 cm³/mol. The van der Waals surface area contributed by atoms with Crippen molar-refractivity contribution in [2.75, 3.05) is 12.3 Å². The number of ether oxygens (including phenoxy) is 1. The Balaban J connectivity index is 1.96. The lowest BCUT2D eigenvalue weighted by Gasteiger charge is -2.22. The molecule has 1 aliphatic carbocycles. The molecule has 1 aromatic carbocycles. The molecule has 1 heterocycles. The van der Waals surface area contributed by atoms with Crippen molar-refractivity contribution >= 4 is 16.5 Å². The van der Waals surface area contributed by atoms with E-state index < -0.39 is 0 Å². The van der Waals surface area contributed by atoms with Crippen molar-refractivity contribution in [3.63, 3.8) is 0 Å². The molecule has 1 aromatic heterocycles.